The maximum Gasteiger partial charge on any atom is 0.251 e. The number of carbonyl (C=O) groups is 1. The summed E-state index contributed by atoms with van der Waals surface area (Å²) in [6, 6.07) is 7.70. The molecule has 0 saturated carbocycles. The van der Waals surface area contributed by atoms with E-state index in [2.05, 4.69) is 52.1 Å². The standard InChI is InChI=1S/C17H25NO/c1-13(2)12-18-16(19)15-8-6-14(7-9-15)10-11-17(3,4)5/h6-11,13H,12H2,1-5H3,(H,18,19)/b11-10+. The number of carbonyl (C=O) groups excluding carboxylic acids is 1. The number of rotatable bonds is 4. The van der Waals surface area contributed by atoms with E-state index in [0.717, 1.165) is 5.56 Å². The monoisotopic (exact) mass is 259 g/mol. The molecule has 1 amide bonds. The van der Waals surface area contributed by atoms with Crippen molar-refractivity contribution in [1.29, 1.82) is 0 Å². The number of amides is 1. The zero-order valence-corrected chi connectivity index (χ0v) is 12.7. The molecule has 2 heteroatoms. The number of hydrogen-bond donors (Lipinski definition) is 1. The third-order valence-electron chi connectivity index (χ3n) is 2.62. The van der Waals surface area contributed by atoms with Gasteiger partial charge in [-0.05, 0) is 29.0 Å². The third kappa shape index (κ3) is 6.23. The summed E-state index contributed by atoms with van der Waals surface area (Å²) in [5, 5.41) is 2.92. The number of nitrogens with one attached hydrogen (secondary N) is 1. The highest BCUT2D eigenvalue weighted by atomic mass is 16.1. The van der Waals surface area contributed by atoms with Gasteiger partial charge in [-0.3, -0.25) is 4.79 Å². The molecule has 2 nitrogen and oxygen atoms in total. The molecule has 0 aliphatic heterocycles. The summed E-state index contributed by atoms with van der Waals surface area (Å²) >= 11 is 0. The lowest BCUT2D eigenvalue weighted by atomic mass is 9.95. The highest BCUT2D eigenvalue weighted by molar-refractivity contribution is 5.94. The number of allylic oxidation sites excluding steroid dienone is 1. The molecule has 0 aliphatic carbocycles. The molecular formula is C17H25NO. The minimum absolute atomic E-state index is 0.0000472. The van der Waals surface area contributed by atoms with Crippen LogP contribution in [0.5, 0.6) is 0 Å². The quantitative estimate of drug-likeness (QED) is 0.865. The average molecular weight is 259 g/mol. The largest absolute Gasteiger partial charge is 0.352 e. The van der Waals surface area contributed by atoms with Crippen LogP contribution >= 0.6 is 0 Å². The van der Waals surface area contributed by atoms with Gasteiger partial charge in [0.2, 0.25) is 0 Å². The van der Waals surface area contributed by atoms with Crippen LogP contribution in [0.2, 0.25) is 0 Å². The van der Waals surface area contributed by atoms with E-state index >= 15 is 0 Å². The molecule has 1 N–H and O–H groups in total. The van der Waals surface area contributed by atoms with Crippen LogP contribution in [0.15, 0.2) is 30.3 Å². The van der Waals surface area contributed by atoms with E-state index in [1.807, 2.05) is 24.3 Å². The Balaban J connectivity index is 2.66. The van der Waals surface area contributed by atoms with Crippen LogP contribution in [0.1, 0.15) is 50.5 Å². The lowest BCUT2D eigenvalue weighted by molar-refractivity contribution is 0.0949. The highest BCUT2D eigenvalue weighted by Gasteiger charge is 2.06. The highest BCUT2D eigenvalue weighted by Crippen LogP contribution is 2.17. The zero-order valence-electron chi connectivity index (χ0n) is 12.7. The molecule has 0 unspecified atom stereocenters. The van der Waals surface area contributed by atoms with Crippen molar-refractivity contribution in [1.82, 2.24) is 5.32 Å². The predicted octanol–water partition coefficient (Wildman–Crippen LogP) is 4.13. The molecule has 1 aromatic carbocycles. The average Bonchev–Trinajstić information content (AvgIpc) is 2.33. The molecular weight excluding hydrogens is 234 g/mol. The fraction of sp³-hybridized carbons (Fsp3) is 0.471. The molecule has 19 heavy (non-hydrogen) atoms. The first-order valence-electron chi connectivity index (χ1n) is 6.85. The fourth-order valence-corrected chi connectivity index (χ4v) is 1.49. The van der Waals surface area contributed by atoms with Crippen LogP contribution in [0, 0.1) is 11.3 Å². The second-order valence-electron chi connectivity index (χ2n) is 6.43. The van der Waals surface area contributed by atoms with E-state index in [0.29, 0.717) is 18.0 Å². The van der Waals surface area contributed by atoms with Crippen LogP contribution < -0.4 is 5.32 Å². The third-order valence-corrected chi connectivity index (χ3v) is 2.62. The van der Waals surface area contributed by atoms with Crippen molar-refractivity contribution >= 4 is 12.0 Å². The minimum atomic E-state index is 0.0000472. The molecule has 0 fully saturated rings. The zero-order chi connectivity index (χ0) is 14.5. The van der Waals surface area contributed by atoms with Crippen LogP contribution in [-0.2, 0) is 0 Å². The summed E-state index contributed by atoms with van der Waals surface area (Å²) in [6.07, 6.45) is 4.26. The van der Waals surface area contributed by atoms with Gasteiger partial charge in [0.15, 0.2) is 0 Å². The van der Waals surface area contributed by atoms with Crippen molar-refractivity contribution in [2.24, 2.45) is 11.3 Å². The van der Waals surface area contributed by atoms with Gasteiger partial charge >= 0.3 is 0 Å². The van der Waals surface area contributed by atoms with E-state index in [1.165, 1.54) is 0 Å². The van der Waals surface area contributed by atoms with Crippen LogP contribution in [0.4, 0.5) is 0 Å². The summed E-state index contributed by atoms with van der Waals surface area (Å²) in [7, 11) is 0. The summed E-state index contributed by atoms with van der Waals surface area (Å²) in [5.74, 6) is 0.470. The normalized spacial score (nSPS) is 12.1. The first kappa shape index (κ1) is 15.5. The van der Waals surface area contributed by atoms with Gasteiger partial charge in [0.05, 0.1) is 0 Å². The predicted molar refractivity (Wildman–Crippen MR) is 82.1 cm³/mol. The van der Waals surface area contributed by atoms with Gasteiger partial charge in [-0.1, -0.05) is 58.9 Å². The van der Waals surface area contributed by atoms with Crippen LogP contribution in [-0.4, -0.2) is 12.5 Å². The molecule has 0 spiro atoms. The molecule has 0 heterocycles. The van der Waals surface area contributed by atoms with Crippen molar-refractivity contribution in [3.63, 3.8) is 0 Å². The van der Waals surface area contributed by atoms with Crippen molar-refractivity contribution in [3.05, 3.63) is 41.5 Å². The van der Waals surface area contributed by atoms with Crippen molar-refractivity contribution in [2.45, 2.75) is 34.6 Å². The Bertz CT molecular complexity index is 435. The lowest BCUT2D eigenvalue weighted by Crippen LogP contribution is -2.27. The maximum absolute atomic E-state index is 11.8. The molecule has 0 bridgehead atoms. The van der Waals surface area contributed by atoms with E-state index in [-0.39, 0.29) is 11.3 Å². The lowest BCUT2D eigenvalue weighted by Gasteiger charge is -2.11. The molecule has 0 atom stereocenters. The van der Waals surface area contributed by atoms with Gasteiger partial charge in [0.1, 0.15) is 0 Å². The Hall–Kier alpha value is -1.57. The first-order valence-corrected chi connectivity index (χ1v) is 6.85. The molecule has 104 valence electrons. The molecule has 0 radical (unpaired) electrons. The minimum Gasteiger partial charge on any atom is -0.352 e. The molecule has 0 saturated heterocycles. The van der Waals surface area contributed by atoms with Gasteiger partial charge in [-0.2, -0.15) is 0 Å². The van der Waals surface area contributed by atoms with Crippen molar-refractivity contribution < 1.29 is 4.79 Å². The molecule has 1 rings (SSSR count). The van der Waals surface area contributed by atoms with Gasteiger partial charge in [0.25, 0.3) is 5.91 Å². The summed E-state index contributed by atoms with van der Waals surface area (Å²) < 4.78 is 0. The molecule has 1 aromatic rings. The van der Waals surface area contributed by atoms with Gasteiger partial charge < -0.3 is 5.32 Å². The number of benzene rings is 1. The van der Waals surface area contributed by atoms with Gasteiger partial charge in [-0.25, -0.2) is 0 Å². The number of hydrogen-bond acceptors (Lipinski definition) is 1. The summed E-state index contributed by atoms with van der Waals surface area (Å²) in [6.45, 7) is 11.4. The Kier molecular flexibility index (Phi) is 5.34. The SMILES string of the molecule is CC(C)CNC(=O)c1ccc(/C=C/C(C)(C)C)cc1. The molecule has 0 aliphatic rings. The smallest absolute Gasteiger partial charge is 0.251 e. The second-order valence-corrected chi connectivity index (χ2v) is 6.43. The Morgan fingerprint density at radius 1 is 1.21 bits per heavy atom. The first-order chi connectivity index (χ1) is 8.78. The fourth-order valence-electron chi connectivity index (χ4n) is 1.49. The van der Waals surface area contributed by atoms with E-state index in [1.54, 1.807) is 0 Å². The topological polar surface area (TPSA) is 29.1 Å². The van der Waals surface area contributed by atoms with Crippen LogP contribution in [0.3, 0.4) is 0 Å². The van der Waals surface area contributed by atoms with Crippen molar-refractivity contribution in [3.8, 4) is 0 Å². The Morgan fingerprint density at radius 2 is 1.79 bits per heavy atom. The van der Waals surface area contributed by atoms with E-state index in [4.69, 9.17) is 0 Å². The van der Waals surface area contributed by atoms with Gasteiger partial charge in [0, 0.05) is 12.1 Å². The Morgan fingerprint density at radius 3 is 2.26 bits per heavy atom. The Labute approximate surface area is 116 Å². The molecule has 0 aromatic heterocycles. The summed E-state index contributed by atoms with van der Waals surface area (Å²) in [5.41, 5.74) is 2.01. The van der Waals surface area contributed by atoms with Crippen LogP contribution in [0.25, 0.3) is 6.08 Å². The maximum atomic E-state index is 11.8. The van der Waals surface area contributed by atoms with E-state index < -0.39 is 0 Å². The van der Waals surface area contributed by atoms with Gasteiger partial charge in [-0.15, -0.1) is 0 Å². The van der Waals surface area contributed by atoms with Crippen molar-refractivity contribution in [2.75, 3.05) is 6.54 Å². The second kappa shape index (κ2) is 6.55. The van der Waals surface area contributed by atoms with E-state index in [9.17, 15) is 4.79 Å². The summed E-state index contributed by atoms with van der Waals surface area (Å²) in [4.78, 5) is 11.8.